The van der Waals surface area contributed by atoms with Crippen LogP contribution in [0.2, 0.25) is 0 Å². The Morgan fingerprint density at radius 2 is 1.87 bits per heavy atom. The van der Waals surface area contributed by atoms with E-state index in [1.54, 1.807) is 12.4 Å². The number of piperidine rings is 1. The molecule has 0 spiro atoms. The minimum atomic E-state index is -3.20. The van der Waals surface area contributed by atoms with Gasteiger partial charge in [-0.2, -0.15) is 0 Å². The van der Waals surface area contributed by atoms with Gasteiger partial charge in [-0.3, -0.25) is 9.78 Å². The first-order valence-corrected chi connectivity index (χ1v) is 12.8. The molecule has 9 nitrogen and oxygen atoms in total. The molecule has 4 rings (SSSR count). The number of ether oxygens (including phenoxy) is 2. The summed E-state index contributed by atoms with van der Waals surface area (Å²) >= 11 is 0. The van der Waals surface area contributed by atoms with Gasteiger partial charge in [-0.05, 0) is 57.9 Å². The van der Waals surface area contributed by atoms with Crippen molar-refractivity contribution in [3.63, 3.8) is 0 Å². The van der Waals surface area contributed by atoms with E-state index in [-0.39, 0.29) is 36.0 Å². The lowest BCUT2D eigenvalue weighted by molar-refractivity contribution is -0.109. The van der Waals surface area contributed by atoms with Crippen LogP contribution < -0.4 is 14.8 Å². The third-order valence-electron chi connectivity index (χ3n) is 6.41. The molecule has 172 valence electrons. The molecule has 2 heterocycles. The van der Waals surface area contributed by atoms with E-state index in [4.69, 9.17) is 9.47 Å². The van der Waals surface area contributed by atoms with Crippen LogP contribution in [-0.2, 0) is 19.6 Å². The molecule has 2 N–H and O–H groups in total. The molecule has 3 fully saturated rings. The lowest BCUT2D eigenvalue weighted by atomic mass is 9.85. The normalized spacial score (nSPS) is 29.4. The number of carbonyl (C=O) groups is 1. The predicted octanol–water partition coefficient (Wildman–Crippen LogP) is 1.30. The van der Waals surface area contributed by atoms with Gasteiger partial charge in [-0.25, -0.2) is 18.1 Å². The Balaban J connectivity index is 1.26. The van der Waals surface area contributed by atoms with E-state index in [0.29, 0.717) is 18.8 Å². The number of aromatic nitrogens is 2. The molecule has 31 heavy (non-hydrogen) atoms. The van der Waals surface area contributed by atoms with Crippen LogP contribution in [0, 0.1) is 0 Å². The van der Waals surface area contributed by atoms with Crippen molar-refractivity contribution in [2.75, 3.05) is 19.8 Å². The third kappa shape index (κ3) is 6.00. The smallest absolute Gasteiger partial charge is 0.236 e. The van der Waals surface area contributed by atoms with E-state index in [1.807, 2.05) is 0 Å². The lowest BCUT2D eigenvalue weighted by Gasteiger charge is -2.35. The zero-order valence-electron chi connectivity index (χ0n) is 17.7. The fourth-order valence-corrected chi connectivity index (χ4v) is 6.19. The van der Waals surface area contributed by atoms with Crippen molar-refractivity contribution in [3.05, 3.63) is 18.1 Å². The van der Waals surface area contributed by atoms with Crippen molar-refractivity contribution < 1.29 is 22.7 Å². The maximum Gasteiger partial charge on any atom is 0.236 e. The fourth-order valence-electron chi connectivity index (χ4n) is 4.54. The second-order valence-corrected chi connectivity index (χ2v) is 10.7. The van der Waals surface area contributed by atoms with E-state index in [9.17, 15) is 13.2 Å². The van der Waals surface area contributed by atoms with E-state index in [1.165, 1.54) is 0 Å². The summed E-state index contributed by atoms with van der Waals surface area (Å²) in [4.78, 5) is 19.3. The molecular weight excluding hydrogens is 420 g/mol. The van der Waals surface area contributed by atoms with Gasteiger partial charge in [0.1, 0.15) is 12.3 Å². The molecule has 2 atom stereocenters. The highest BCUT2D eigenvalue weighted by Gasteiger charge is 2.39. The molecule has 1 aromatic rings. The molecule has 2 aliphatic carbocycles. The standard InChI is InChI=1S/C21H32N4O5S/c26-12-13-29-21-20(23-10-11-24-21)15-3-5-16(6-4-15)30-14-19-18(2-1-9-22-19)25-31(27,28)17-7-8-17/h10-12,15-19,22,25H,1-9,13-14H2/t15?,16?,18-,19-/m0/s1. The van der Waals surface area contributed by atoms with E-state index in [0.717, 1.165) is 63.6 Å². The van der Waals surface area contributed by atoms with Crippen LogP contribution in [0.1, 0.15) is 63.0 Å². The Morgan fingerprint density at radius 3 is 2.61 bits per heavy atom. The highest BCUT2D eigenvalue weighted by atomic mass is 32.2. The minimum Gasteiger partial charge on any atom is -0.469 e. The van der Waals surface area contributed by atoms with Gasteiger partial charge in [0.05, 0.1) is 18.0 Å². The van der Waals surface area contributed by atoms with Gasteiger partial charge in [0.2, 0.25) is 15.9 Å². The number of nitrogens with one attached hydrogen (secondary N) is 2. The largest absolute Gasteiger partial charge is 0.469 e. The SMILES string of the molecule is O=CCOc1nccnc1C1CCC(OC[C@@H]2NCCC[C@@H]2NS(=O)(=O)C2CC2)CC1. The van der Waals surface area contributed by atoms with Crippen LogP contribution in [0.15, 0.2) is 12.4 Å². The molecular formula is C21H32N4O5S. The quantitative estimate of drug-likeness (QED) is 0.510. The number of rotatable bonds is 10. The molecule has 0 amide bonds. The molecule has 2 saturated carbocycles. The minimum absolute atomic E-state index is 0.00309. The maximum absolute atomic E-state index is 12.4. The van der Waals surface area contributed by atoms with Crippen LogP contribution in [0.5, 0.6) is 5.88 Å². The molecule has 0 unspecified atom stereocenters. The molecule has 0 aromatic carbocycles. The first-order chi connectivity index (χ1) is 15.1. The fraction of sp³-hybridized carbons (Fsp3) is 0.762. The Morgan fingerprint density at radius 1 is 1.10 bits per heavy atom. The average molecular weight is 453 g/mol. The summed E-state index contributed by atoms with van der Waals surface area (Å²) in [6.07, 6.45) is 11.1. The third-order valence-corrected chi connectivity index (χ3v) is 8.40. The van der Waals surface area contributed by atoms with Crippen LogP contribution >= 0.6 is 0 Å². The van der Waals surface area contributed by atoms with Crippen LogP contribution in [0.4, 0.5) is 0 Å². The topological polar surface area (TPSA) is 120 Å². The van der Waals surface area contributed by atoms with Gasteiger partial charge in [-0.15, -0.1) is 0 Å². The molecule has 3 aliphatic rings. The number of aldehydes is 1. The summed E-state index contributed by atoms with van der Waals surface area (Å²) in [5.41, 5.74) is 0.811. The second kappa shape index (κ2) is 10.3. The number of nitrogens with zero attached hydrogens (tertiary/aromatic N) is 2. The van der Waals surface area contributed by atoms with Crippen molar-refractivity contribution in [2.45, 2.75) is 80.7 Å². The summed E-state index contributed by atoms with van der Waals surface area (Å²) in [6, 6.07) is -0.101. The zero-order valence-corrected chi connectivity index (χ0v) is 18.6. The monoisotopic (exact) mass is 452 g/mol. The maximum atomic E-state index is 12.4. The first kappa shape index (κ1) is 22.6. The first-order valence-electron chi connectivity index (χ1n) is 11.3. The van der Waals surface area contributed by atoms with Gasteiger partial charge in [0, 0.05) is 30.4 Å². The molecule has 1 saturated heterocycles. The summed E-state index contributed by atoms with van der Waals surface area (Å²) in [5, 5.41) is 3.24. The van der Waals surface area contributed by atoms with Gasteiger partial charge in [-0.1, -0.05) is 0 Å². The summed E-state index contributed by atoms with van der Waals surface area (Å²) < 4.78 is 39.3. The molecule has 0 bridgehead atoms. The molecule has 1 aliphatic heterocycles. The van der Waals surface area contributed by atoms with Crippen LogP contribution in [0.3, 0.4) is 0 Å². The molecule has 0 radical (unpaired) electrons. The van der Waals surface area contributed by atoms with Crippen molar-refractivity contribution in [3.8, 4) is 5.88 Å². The van der Waals surface area contributed by atoms with E-state index in [2.05, 4.69) is 20.0 Å². The zero-order chi connectivity index (χ0) is 21.7. The highest BCUT2D eigenvalue weighted by molar-refractivity contribution is 7.90. The summed E-state index contributed by atoms with van der Waals surface area (Å²) in [6.45, 7) is 1.37. The van der Waals surface area contributed by atoms with Crippen molar-refractivity contribution in [1.29, 1.82) is 0 Å². The Kier molecular flexibility index (Phi) is 7.52. The van der Waals surface area contributed by atoms with Crippen LogP contribution in [0.25, 0.3) is 0 Å². The van der Waals surface area contributed by atoms with Crippen molar-refractivity contribution >= 4 is 16.3 Å². The summed E-state index contributed by atoms with van der Waals surface area (Å²) in [5.74, 6) is 0.678. The second-order valence-electron chi connectivity index (χ2n) is 8.70. The van der Waals surface area contributed by atoms with Gasteiger partial charge >= 0.3 is 0 Å². The lowest BCUT2D eigenvalue weighted by Crippen LogP contribution is -2.56. The van der Waals surface area contributed by atoms with Crippen LogP contribution in [-0.4, -0.2) is 67.9 Å². The van der Waals surface area contributed by atoms with Gasteiger partial charge in [0.25, 0.3) is 0 Å². The van der Waals surface area contributed by atoms with Crippen molar-refractivity contribution in [2.24, 2.45) is 0 Å². The number of hydrogen-bond donors (Lipinski definition) is 2. The number of sulfonamides is 1. The molecule has 10 heteroatoms. The predicted molar refractivity (Wildman–Crippen MR) is 114 cm³/mol. The van der Waals surface area contributed by atoms with Gasteiger partial charge in [0.15, 0.2) is 6.29 Å². The number of hydrogen-bond acceptors (Lipinski definition) is 8. The average Bonchev–Trinajstić information content (AvgIpc) is 3.64. The summed E-state index contributed by atoms with van der Waals surface area (Å²) in [7, 11) is -3.20. The molecule has 1 aromatic heterocycles. The highest BCUT2D eigenvalue weighted by Crippen LogP contribution is 2.36. The van der Waals surface area contributed by atoms with Crippen molar-refractivity contribution in [1.82, 2.24) is 20.0 Å². The Labute approximate surface area is 183 Å². The number of carbonyl (C=O) groups excluding carboxylic acids is 1. The van der Waals surface area contributed by atoms with E-state index < -0.39 is 10.0 Å². The Hall–Kier alpha value is -1.62. The van der Waals surface area contributed by atoms with Gasteiger partial charge < -0.3 is 14.8 Å². The Bertz CT molecular complexity index is 840. The van der Waals surface area contributed by atoms with E-state index >= 15 is 0 Å².